The largest absolute Gasteiger partial charge is 0.396 e. The fourth-order valence-corrected chi connectivity index (χ4v) is 1.14. The first-order valence-corrected chi connectivity index (χ1v) is 5.24. The van der Waals surface area contributed by atoms with Crippen molar-refractivity contribution >= 4 is 11.8 Å². The van der Waals surface area contributed by atoms with E-state index in [2.05, 4.69) is 20.6 Å². The van der Waals surface area contributed by atoms with E-state index in [9.17, 15) is 4.79 Å². The average molecular weight is 224 g/mol. The molecule has 0 unspecified atom stereocenters. The Labute approximate surface area is 94.1 Å². The van der Waals surface area contributed by atoms with Gasteiger partial charge in [0.2, 0.25) is 0 Å². The number of hydrogen-bond acceptors (Lipinski definition) is 4. The minimum absolute atomic E-state index is 0.200. The van der Waals surface area contributed by atoms with Gasteiger partial charge in [-0.15, -0.1) is 0 Å². The highest BCUT2D eigenvalue weighted by Gasteiger charge is 2.00. The van der Waals surface area contributed by atoms with Crippen molar-refractivity contribution in [2.75, 3.05) is 18.5 Å². The molecular formula is C10H16N4O2. The highest BCUT2D eigenvalue weighted by molar-refractivity contribution is 5.87. The van der Waals surface area contributed by atoms with Crippen LogP contribution in [0.5, 0.6) is 0 Å². The Hall–Kier alpha value is -1.69. The topological polar surface area (TPSA) is 87.1 Å². The van der Waals surface area contributed by atoms with Crippen LogP contribution >= 0.6 is 0 Å². The lowest BCUT2D eigenvalue weighted by Gasteiger charge is -2.05. The van der Waals surface area contributed by atoms with Gasteiger partial charge in [0, 0.05) is 25.5 Å². The van der Waals surface area contributed by atoms with Crippen molar-refractivity contribution in [2.45, 2.75) is 19.3 Å². The quantitative estimate of drug-likeness (QED) is 0.622. The SMILES string of the molecule is O=C(NCCCCCO)Nc1cnccn1. The Bertz CT molecular complexity index is 305. The number of aliphatic hydroxyl groups excluding tert-OH is 1. The minimum atomic E-state index is -0.288. The van der Waals surface area contributed by atoms with Gasteiger partial charge in [-0.3, -0.25) is 10.3 Å². The molecule has 6 nitrogen and oxygen atoms in total. The van der Waals surface area contributed by atoms with Crippen molar-refractivity contribution in [1.82, 2.24) is 15.3 Å². The molecule has 0 saturated heterocycles. The fourth-order valence-electron chi connectivity index (χ4n) is 1.14. The van der Waals surface area contributed by atoms with Crippen molar-refractivity contribution in [3.63, 3.8) is 0 Å². The van der Waals surface area contributed by atoms with E-state index in [1.54, 1.807) is 0 Å². The summed E-state index contributed by atoms with van der Waals surface area (Å²) in [6, 6.07) is -0.288. The number of rotatable bonds is 6. The van der Waals surface area contributed by atoms with E-state index in [0.29, 0.717) is 12.4 Å². The highest BCUT2D eigenvalue weighted by Crippen LogP contribution is 1.96. The molecule has 0 spiro atoms. The zero-order valence-electron chi connectivity index (χ0n) is 9.02. The summed E-state index contributed by atoms with van der Waals surface area (Å²) >= 11 is 0. The van der Waals surface area contributed by atoms with Gasteiger partial charge in [0.05, 0.1) is 6.20 Å². The second-order valence-electron chi connectivity index (χ2n) is 3.26. The highest BCUT2D eigenvalue weighted by atomic mass is 16.2. The van der Waals surface area contributed by atoms with Crippen molar-refractivity contribution in [2.24, 2.45) is 0 Å². The molecule has 0 aliphatic rings. The van der Waals surface area contributed by atoms with Crippen molar-refractivity contribution in [3.05, 3.63) is 18.6 Å². The number of amides is 2. The molecule has 1 aromatic rings. The first-order valence-electron chi connectivity index (χ1n) is 5.24. The van der Waals surface area contributed by atoms with Gasteiger partial charge < -0.3 is 10.4 Å². The molecule has 0 atom stereocenters. The van der Waals surface area contributed by atoms with Crippen LogP contribution in [0, 0.1) is 0 Å². The van der Waals surface area contributed by atoms with Gasteiger partial charge in [-0.05, 0) is 19.3 Å². The normalized spacial score (nSPS) is 9.81. The summed E-state index contributed by atoms with van der Waals surface area (Å²) in [5.74, 6) is 0.426. The van der Waals surface area contributed by atoms with Crippen LogP contribution in [0.25, 0.3) is 0 Å². The van der Waals surface area contributed by atoms with E-state index in [1.807, 2.05) is 0 Å². The second kappa shape index (κ2) is 7.58. The minimum Gasteiger partial charge on any atom is -0.396 e. The number of unbranched alkanes of at least 4 members (excludes halogenated alkanes) is 2. The molecule has 6 heteroatoms. The zero-order valence-corrected chi connectivity index (χ0v) is 9.02. The number of aromatic nitrogens is 2. The predicted molar refractivity (Wildman–Crippen MR) is 60.0 cm³/mol. The van der Waals surface area contributed by atoms with Gasteiger partial charge in [0.1, 0.15) is 0 Å². The molecule has 1 rings (SSSR count). The van der Waals surface area contributed by atoms with Crippen LogP contribution in [-0.4, -0.2) is 34.3 Å². The molecule has 1 aromatic heterocycles. The lowest BCUT2D eigenvalue weighted by atomic mass is 10.2. The van der Waals surface area contributed by atoms with Crippen molar-refractivity contribution in [1.29, 1.82) is 0 Å². The summed E-state index contributed by atoms with van der Waals surface area (Å²) in [7, 11) is 0. The molecule has 0 bridgehead atoms. The average Bonchev–Trinajstić information content (AvgIpc) is 2.30. The Kier molecular flexibility index (Phi) is 5.87. The maximum atomic E-state index is 11.3. The predicted octanol–water partition coefficient (Wildman–Crippen LogP) is 0.761. The summed E-state index contributed by atoms with van der Waals surface area (Å²) in [5.41, 5.74) is 0. The van der Waals surface area contributed by atoms with E-state index in [0.717, 1.165) is 19.3 Å². The van der Waals surface area contributed by atoms with Crippen LogP contribution in [0.1, 0.15) is 19.3 Å². The van der Waals surface area contributed by atoms with Crippen LogP contribution in [0.2, 0.25) is 0 Å². The molecule has 3 N–H and O–H groups in total. The molecule has 0 saturated carbocycles. The number of aliphatic hydroxyl groups is 1. The number of carbonyl (C=O) groups is 1. The van der Waals surface area contributed by atoms with Gasteiger partial charge in [0.15, 0.2) is 5.82 Å². The first-order chi connectivity index (χ1) is 7.83. The monoisotopic (exact) mass is 224 g/mol. The third-order valence-electron chi connectivity index (χ3n) is 1.93. The summed E-state index contributed by atoms with van der Waals surface area (Å²) in [5, 5.41) is 13.8. The van der Waals surface area contributed by atoms with E-state index >= 15 is 0 Å². The Morgan fingerprint density at radius 1 is 1.31 bits per heavy atom. The molecular weight excluding hydrogens is 208 g/mol. The first kappa shape index (κ1) is 12.4. The summed E-state index contributed by atoms with van der Waals surface area (Å²) in [6.07, 6.45) is 7.06. The number of anilines is 1. The molecule has 0 aromatic carbocycles. The third kappa shape index (κ3) is 5.26. The lowest BCUT2D eigenvalue weighted by molar-refractivity contribution is 0.251. The molecule has 0 aliphatic heterocycles. The van der Waals surface area contributed by atoms with Crippen molar-refractivity contribution in [3.8, 4) is 0 Å². The summed E-state index contributed by atoms with van der Waals surface area (Å²) in [4.78, 5) is 19.0. The number of urea groups is 1. The molecule has 2 amide bonds. The fraction of sp³-hybridized carbons (Fsp3) is 0.500. The van der Waals surface area contributed by atoms with Crippen LogP contribution in [-0.2, 0) is 0 Å². The lowest BCUT2D eigenvalue weighted by Crippen LogP contribution is -2.29. The van der Waals surface area contributed by atoms with Gasteiger partial charge >= 0.3 is 6.03 Å². The van der Waals surface area contributed by atoms with E-state index in [4.69, 9.17) is 5.11 Å². The molecule has 0 fully saturated rings. The maximum Gasteiger partial charge on any atom is 0.320 e. The van der Waals surface area contributed by atoms with Crippen LogP contribution < -0.4 is 10.6 Å². The molecule has 0 aliphatic carbocycles. The smallest absolute Gasteiger partial charge is 0.320 e. The van der Waals surface area contributed by atoms with Gasteiger partial charge in [-0.2, -0.15) is 0 Å². The molecule has 1 heterocycles. The third-order valence-corrected chi connectivity index (χ3v) is 1.93. The number of hydrogen-bond donors (Lipinski definition) is 3. The van der Waals surface area contributed by atoms with Crippen LogP contribution in [0.3, 0.4) is 0 Å². The zero-order chi connectivity index (χ0) is 11.6. The maximum absolute atomic E-state index is 11.3. The molecule has 0 radical (unpaired) electrons. The second-order valence-corrected chi connectivity index (χ2v) is 3.26. The Balaban J connectivity index is 2.12. The van der Waals surface area contributed by atoms with Crippen LogP contribution in [0.4, 0.5) is 10.6 Å². The van der Waals surface area contributed by atoms with E-state index < -0.39 is 0 Å². The molecule has 88 valence electrons. The van der Waals surface area contributed by atoms with Gasteiger partial charge in [0.25, 0.3) is 0 Å². The van der Waals surface area contributed by atoms with E-state index in [-0.39, 0.29) is 12.6 Å². The molecule has 16 heavy (non-hydrogen) atoms. The van der Waals surface area contributed by atoms with Gasteiger partial charge in [-0.1, -0.05) is 0 Å². The van der Waals surface area contributed by atoms with Crippen molar-refractivity contribution < 1.29 is 9.90 Å². The summed E-state index contributed by atoms with van der Waals surface area (Å²) in [6.45, 7) is 0.790. The van der Waals surface area contributed by atoms with E-state index in [1.165, 1.54) is 18.6 Å². The Morgan fingerprint density at radius 3 is 2.88 bits per heavy atom. The van der Waals surface area contributed by atoms with Crippen LogP contribution in [0.15, 0.2) is 18.6 Å². The number of nitrogens with zero attached hydrogens (tertiary/aromatic N) is 2. The Morgan fingerprint density at radius 2 is 2.19 bits per heavy atom. The standard InChI is InChI=1S/C10H16N4O2/c15-7-3-1-2-4-13-10(16)14-9-8-11-5-6-12-9/h5-6,8,15H,1-4,7H2,(H2,12,13,14,16). The van der Waals surface area contributed by atoms with Gasteiger partial charge in [-0.25, -0.2) is 9.78 Å². The summed E-state index contributed by atoms with van der Waals surface area (Å²) < 4.78 is 0. The number of nitrogens with one attached hydrogen (secondary N) is 2. The number of carbonyl (C=O) groups excluding carboxylic acids is 1.